The Bertz CT molecular complexity index is 1460. The van der Waals surface area contributed by atoms with Gasteiger partial charge in [-0.1, -0.05) is 30.3 Å². The molecule has 5 aromatic rings. The maximum absolute atomic E-state index is 13.3. The smallest absolute Gasteiger partial charge is 0.255 e. The first kappa shape index (κ1) is 20.3. The molecule has 160 valence electrons. The number of aromatic amines is 1. The van der Waals surface area contributed by atoms with Crippen molar-refractivity contribution in [2.75, 3.05) is 5.32 Å². The number of halogens is 1. The third-order valence-corrected chi connectivity index (χ3v) is 5.25. The molecule has 33 heavy (non-hydrogen) atoms. The van der Waals surface area contributed by atoms with E-state index in [-0.39, 0.29) is 11.5 Å². The highest BCUT2D eigenvalue weighted by Crippen LogP contribution is 2.27. The van der Waals surface area contributed by atoms with Crippen LogP contribution in [0.5, 0.6) is 0 Å². The first-order valence-electron chi connectivity index (χ1n) is 10.4. The van der Waals surface area contributed by atoms with Gasteiger partial charge < -0.3 is 5.32 Å². The van der Waals surface area contributed by atoms with Crippen molar-refractivity contribution in [1.82, 2.24) is 15.2 Å². The summed E-state index contributed by atoms with van der Waals surface area (Å²) in [5, 5.41) is 11.3. The first-order chi connectivity index (χ1) is 16.2. The molecular weight excluding hydrogens is 415 g/mol. The standard InChI is InChI=1S/C27H19FN4O/c28-21-5-3-4-20(16-21)27(33)30-23-10-7-18(8-11-23)19-9-13-24-25(31-32-26(24)17-19)14-12-22-6-1-2-15-29-22/h1-17H,(H,30,33)(H,31,32)/b14-12+. The van der Waals surface area contributed by atoms with E-state index >= 15 is 0 Å². The van der Waals surface area contributed by atoms with Gasteiger partial charge in [0.15, 0.2) is 0 Å². The summed E-state index contributed by atoms with van der Waals surface area (Å²) in [5.41, 5.74) is 5.58. The molecule has 0 aliphatic rings. The van der Waals surface area contributed by atoms with Gasteiger partial charge >= 0.3 is 0 Å². The molecule has 0 unspecified atom stereocenters. The minimum atomic E-state index is -0.442. The number of nitrogens with zero attached hydrogens (tertiary/aromatic N) is 2. The lowest BCUT2D eigenvalue weighted by Gasteiger charge is -2.07. The van der Waals surface area contributed by atoms with Crippen molar-refractivity contribution in [2.45, 2.75) is 0 Å². The molecule has 0 radical (unpaired) electrons. The molecule has 2 aromatic heterocycles. The monoisotopic (exact) mass is 434 g/mol. The normalized spacial score (nSPS) is 11.2. The van der Waals surface area contributed by atoms with Gasteiger partial charge in [-0.25, -0.2) is 4.39 Å². The van der Waals surface area contributed by atoms with Gasteiger partial charge in [-0.05, 0) is 77.9 Å². The molecular formula is C27H19FN4O. The minimum absolute atomic E-state index is 0.275. The first-order valence-corrected chi connectivity index (χ1v) is 10.4. The molecule has 1 amide bonds. The predicted octanol–water partition coefficient (Wildman–Crippen LogP) is 6.19. The molecule has 0 saturated heterocycles. The molecule has 0 spiro atoms. The zero-order chi connectivity index (χ0) is 22.6. The average molecular weight is 434 g/mol. The number of nitrogens with one attached hydrogen (secondary N) is 2. The number of H-pyrrole nitrogens is 1. The number of rotatable bonds is 5. The van der Waals surface area contributed by atoms with E-state index in [1.807, 2.05) is 72.8 Å². The Hall–Kier alpha value is -4.58. The Morgan fingerprint density at radius 2 is 1.73 bits per heavy atom. The number of fused-ring (bicyclic) bond motifs is 1. The molecule has 2 heterocycles. The van der Waals surface area contributed by atoms with E-state index in [9.17, 15) is 9.18 Å². The van der Waals surface area contributed by atoms with E-state index < -0.39 is 5.82 Å². The SMILES string of the molecule is O=C(Nc1ccc(-c2ccc3c(/C=C/c4ccccn4)n[nH]c3c2)cc1)c1cccc(F)c1. The Balaban J connectivity index is 1.33. The molecule has 5 rings (SSSR count). The Kier molecular flexibility index (Phi) is 5.47. The number of amides is 1. The number of pyridine rings is 1. The lowest BCUT2D eigenvalue weighted by Crippen LogP contribution is -2.11. The average Bonchev–Trinajstić information content (AvgIpc) is 3.26. The highest BCUT2D eigenvalue weighted by molar-refractivity contribution is 6.04. The number of anilines is 1. The van der Waals surface area contributed by atoms with Crippen LogP contribution in [0, 0.1) is 5.82 Å². The largest absolute Gasteiger partial charge is 0.322 e. The fourth-order valence-electron chi connectivity index (χ4n) is 3.57. The van der Waals surface area contributed by atoms with Crippen LogP contribution >= 0.6 is 0 Å². The molecule has 0 aliphatic carbocycles. The molecule has 6 heteroatoms. The third kappa shape index (κ3) is 4.55. The summed E-state index contributed by atoms with van der Waals surface area (Å²) >= 11 is 0. The van der Waals surface area contributed by atoms with Crippen LogP contribution in [0.15, 0.2) is 91.1 Å². The zero-order valence-electron chi connectivity index (χ0n) is 17.5. The van der Waals surface area contributed by atoms with E-state index in [2.05, 4.69) is 20.5 Å². The number of hydrogen-bond donors (Lipinski definition) is 2. The fraction of sp³-hybridized carbons (Fsp3) is 0. The minimum Gasteiger partial charge on any atom is -0.322 e. The van der Waals surface area contributed by atoms with E-state index in [0.29, 0.717) is 5.69 Å². The van der Waals surface area contributed by atoms with E-state index in [1.54, 1.807) is 12.3 Å². The van der Waals surface area contributed by atoms with Crippen molar-refractivity contribution in [3.05, 3.63) is 114 Å². The molecule has 0 atom stereocenters. The summed E-state index contributed by atoms with van der Waals surface area (Å²) < 4.78 is 13.3. The van der Waals surface area contributed by atoms with Gasteiger partial charge in [-0.3, -0.25) is 14.9 Å². The Labute approximate surface area is 189 Å². The van der Waals surface area contributed by atoms with E-state index in [4.69, 9.17) is 0 Å². The van der Waals surface area contributed by atoms with E-state index in [1.165, 1.54) is 18.2 Å². The number of carbonyl (C=O) groups is 1. The number of carbonyl (C=O) groups excluding carboxylic acids is 1. The summed E-state index contributed by atoms with van der Waals surface area (Å²) in [7, 11) is 0. The van der Waals surface area contributed by atoms with Gasteiger partial charge in [0.2, 0.25) is 0 Å². The van der Waals surface area contributed by atoms with Gasteiger partial charge in [0, 0.05) is 22.8 Å². The molecule has 0 saturated carbocycles. The van der Waals surface area contributed by atoms with Crippen LogP contribution in [0.4, 0.5) is 10.1 Å². The molecule has 3 aromatic carbocycles. The Morgan fingerprint density at radius 1 is 0.879 bits per heavy atom. The van der Waals surface area contributed by atoms with Crippen molar-refractivity contribution in [1.29, 1.82) is 0 Å². The van der Waals surface area contributed by atoms with Gasteiger partial charge in [0.05, 0.1) is 16.9 Å². The van der Waals surface area contributed by atoms with Gasteiger partial charge in [0.25, 0.3) is 5.91 Å². The summed E-state index contributed by atoms with van der Waals surface area (Å²) in [5.74, 6) is -0.796. The zero-order valence-corrected chi connectivity index (χ0v) is 17.5. The molecule has 0 fully saturated rings. The predicted molar refractivity (Wildman–Crippen MR) is 129 cm³/mol. The lowest BCUT2D eigenvalue weighted by molar-refractivity contribution is 0.102. The van der Waals surface area contributed by atoms with Gasteiger partial charge in [-0.2, -0.15) is 5.10 Å². The maximum Gasteiger partial charge on any atom is 0.255 e. The topological polar surface area (TPSA) is 70.7 Å². The van der Waals surface area contributed by atoms with Crippen molar-refractivity contribution in [2.24, 2.45) is 0 Å². The second kappa shape index (κ2) is 8.88. The van der Waals surface area contributed by atoms with Crippen LogP contribution in [0.3, 0.4) is 0 Å². The molecule has 0 bridgehead atoms. The summed E-state index contributed by atoms with van der Waals surface area (Å²) in [6, 6.07) is 25.0. The summed E-state index contributed by atoms with van der Waals surface area (Å²) in [6.07, 6.45) is 5.63. The fourth-order valence-corrected chi connectivity index (χ4v) is 3.57. The second-order valence-corrected chi connectivity index (χ2v) is 7.50. The quantitative estimate of drug-likeness (QED) is 0.347. The molecule has 2 N–H and O–H groups in total. The van der Waals surface area contributed by atoms with Crippen LogP contribution in [0.25, 0.3) is 34.2 Å². The number of hydrogen-bond acceptors (Lipinski definition) is 3. The Morgan fingerprint density at radius 3 is 2.52 bits per heavy atom. The van der Waals surface area contributed by atoms with Gasteiger partial charge in [-0.15, -0.1) is 0 Å². The van der Waals surface area contributed by atoms with Crippen LogP contribution in [-0.2, 0) is 0 Å². The van der Waals surface area contributed by atoms with Crippen molar-refractivity contribution < 1.29 is 9.18 Å². The second-order valence-electron chi connectivity index (χ2n) is 7.50. The highest BCUT2D eigenvalue weighted by Gasteiger charge is 2.08. The van der Waals surface area contributed by atoms with Crippen molar-refractivity contribution >= 4 is 34.6 Å². The van der Waals surface area contributed by atoms with E-state index in [0.717, 1.165) is 33.4 Å². The van der Waals surface area contributed by atoms with Crippen molar-refractivity contribution in [3.63, 3.8) is 0 Å². The highest BCUT2D eigenvalue weighted by atomic mass is 19.1. The van der Waals surface area contributed by atoms with Crippen LogP contribution < -0.4 is 5.32 Å². The van der Waals surface area contributed by atoms with Crippen LogP contribution in [-0.4, -0.2) is 21.1 Å². The molecule has 0 aliphatic heterocycles. The molecule has 5 nitrogen and oxygen atoms in total. The van der Waals surface area contributed by atoms with Crippen LogP contribution in [0.2, 0.25) is 0 Å². The van der Waals surface area contributed by atoms with Gasteiger partial charge in [0.1, 0.15) is 5.82 Å². The maximum atomic E-state index is 13.3. The number of benzene rings is 3. The summed E-state index contributed by atoms with van der Waals surface area (Å²) in [4.78, 5) is 16.6. The number of aromatic nitrogens is 3. The van der Waals surface area contributed by atoms with Crippen LogP contribution in [0.1, 0.15) is 21.7 Å². The third-order valence-electron chi connectivity index (χ3n) is 5.25. The van der Waals surface area contributed by atoms with Crippen molar-refractivity contribution in [3.8, 4) is 11.1 Å². The summed E-state index contributed by atoms with van der Waals surface area (Å²) in [6.45, 7) is 0. The lowest BCUT2D eigenvalue weighted by atomic mass is 10.0.